The molecule has 1 aromatic heterocycles. The third-order valence-corrected chi connectivity index (χ3v) is 3.10. The van der Waals surface area contributed by atoms with E-state index in [9.17, 15) is 4.39 Å². The topological polar surface area (TPSA) is 26.0 Å². The summed E-state index contributed by atoms with van der Waals surface area (Å²) < 4.78 is 13.9. The lowest BCUT2D eigenvalue weighted by Crippen LogP contribution is -1.80. The quantitative estimate of drug-likeness (QED) is 0.726. The Hall–Kier alpha value is -0.800. The van der Waals surface area contributed by atoms with Crippen molar-refractivity contribution in [2.24, 2.45) is 0 Å². The number of fused-ring (bicyclic) bond motifs is 1. The minimum atomic E-state index is -0.241. The minimum Gasteiger partial charge on any atom is -0.391 e. The maximum Gasteiger partial charge on any atom is 0.141 e. The summed E-state index contributed by atoms with van der Waals surface area (Å²) in [7, 11) is 0. The van der Waals surface area contributed by atoms with E-state index in [0.29, 0.717) is 15.6 Å². The van der Waals surface area contributed by atoms with Crippen LogP contribution in [0, 0.1) is 5.82 Å². The molecule has 1 heterocycles. The van der Waals surface area contributed by atoms with Gasteiger partial charge in [0, 0.05) is 5.88 Å². The molecule has 1 aromatic carbocycles. The largest absolute Gasteiger partial charge is 0.391 e. The highest BCUT2D eigenvalue weighted by Crippen LogP contribution is 2.30. The Balaban J connectivity index is 2.75. The maximum absolute atomic E-state index is 13.3. The molecule has 0 fully saturated rings. The van der Waals surface area contributed by atoms with E-state index >= 15 is 0 Å². The zero-order chi connectivity index (χ0) is 9.42. The molecular formula is C9H7ClFNS. The number of thiophene rings is 1. The molecule has 2 N–H and O–H groups in total. The van der Waals surface area contributed by atoms with Gasteiger partial charge in [0.25, 0.3) is 0 Å². The Bertz CT molecular complexity index is 452. The van der Waals surface area contributed by atoms with E-state index in [1.165, 1.54) is 17.4 Å². The number of hydrogen-bond acceptors (Lipinski definition) is 2. The van der Waals surface area contributed by atoms with E-state index in [4.69, 9.17) is 17.3 Å². The number of hydrogen-bond donors (Lipinski definition) is 1. The van der Waals surface area contributed by atoms with Crippen LogP contribution in [0.1, 0.15) is 5.56 Å². The van der Waals surface area contributed by atoms with E-state index in [-0.39, 0.29) is 5.82 Å². The second kappa shape index (κ2) is 3.16. The predicted molar refractivity (Wildman–Crippen MR) is 55.8 cm³/mol. The van der Waals surface area contributed by atoms with Crippen molar-refractivity contribution in [3.63, 3.8) is 0 Å². The van der Waals surface area contributed by atoms with E-state index in [1.54, 1.807) is 6.07 Å². The third kappa shape index (κ3) is 1.49. The summed E-state index contributed by atoms with van der Waals surface area (Å²) in [4.78, 5) is 0. The normalized spacial score (nSPS) is 10.9. The van der Waals surface area contributed by atoms with Gasteiger partial charge in [0.2, 0.25) is 0 Å². The lowest BCUT2D eigenvalue weighted by molar-refractivity contribution is 0.640. The molecule has 0 bridgehead atoms. The van der Waals surface area contributed by atoms with E-state index in [1.807, 2.05) is 6.07 Å². The molecule has 0 spiro atoms. The first-order chi connectivity index (χ1) is 6.20. The molecule has 0 amide bonds. The van der Waals surface area contributed by atoms with Gasteiger partial charge in [-0.2, -0.15) is 0 Å². The molecule has 2 aromatic rings. The molecule has 0 aliphatic carbocycles. The van der Waals surface area contributed by atoms with Crippen LogP contribution in [0.3, 0.4) is 0 Å². The number of nitrogen functional groups attached to an aromatic ring is 1. The lowest BCUT2D eigenvalue weighted by Gasteiger charge is -1.96. The molecule has 0 saturated heterocycles. The first-order valence-corrected chi connectivity index (χ1v) is 5.09. The predicted octanol–water partition coefficient (Wildman–Crippen LogP) is 3.36. The monoisotopic (exact) mass is 215 g/mol. The van der Waals surface area contributed by atoms with Crippen LogP contribution >= 0.6 is 22.9 Å². The van der Waals surface area contributed by atoms with Crippen LogP contribution in [0.15, 0.2) is 18.2 Å². The lowest BCUT2D eigenvalue weighted by atomic mass is 10.2. The summed E-state index contributed by atoms with van der Waals surface area (Å²) in [5.74, 6) is 0.0812. The molecule has 13 heavy (non-hydrogen) atoms. The fourth-order valence-electron chi connectivity index (χ4n) is 1.27. The molecule has 0 unspecified atom stereocenters. The zero-order valence-electron chi connectivity index (χ0n) is 6.68. The van der Waals surface area contributed by atoms with Gasteiger partial charge in [-0.05, 0) is 29.1 Å². The van der Waals surface area contributed by atoms with Crippen LogP contribution < -0.4 is 5.73 Å². The van der Waals surface area contributed by atoms with Gasteiger partial charge in [-0.1, -0.05) is 0 Å². The smallest absolute Gasteiger partial charge is 0.141 e. The molecule has 0 saturated carbocycles. The van der Waals surface area contributed by atoms with Gasteiger partial charge >= 0.3 is 0 Å². The SMILES string of the molecule is Nc1cc2cc(CCl)cc(F)c2s1. The Labute approximate surface area is 83.9 Å². The second-order valence-electron chi connectivity index (χ2n) is 2.78. The molecule has 0 aliphatic heterocycles. The molecule has 0 atom stereocenters. The van der Waals surface area contributed by atoms with Crippen LogP contribution in [0.2, 0.25) is 0 Å². The Morgan fingerprint density at radius 1 is 1.38 bits per heavy atom. The van der Waals surface area contributed by atoms with Crippen LogP contribution in [-0.2, 0) is 5.88 Å². The van der Waals surface area contributed by atoms with E-state index in [2.05, 4.69) is 0 Å². The summed E-state index contributed by atoms with van der Waals surface area (Å²) >= 11 is 6.87. The van der Waals surface area contributed by atoms with Crippen LogP contribution in [0.25, 0.3) is 10.1 Å². The van der Waals surface area contributed by atoms with Crippen molar-refractivity contribution in [2.75, 3.05) is 5.73 Å². The Kier molecular flexibility index (Phi) is 2.14. The fraction of sp³-hybridized carbons (Fsp3) is 0.111. The Morgan fingerprint density at radius 2 is 2.15 bits per heavy atom. The van der Waals surface area contributed by atoms with Gasteiger partial charge in [-0.3, -0.25) is 0 Å². The van der Waals surface area contributed by atoms with E-state index in [0.717, 1.165) is 10.9 Å². The second-order valence-corrected chi connectivity index (χ2v) is 4.13. The minimum absolute atomic E-state index is 0.241. The number of rotatable bonds is 1. The average molecular weight is 216 g/mol. The maximum atomic E-state index is 13.3. The van der Waals surface area contributed by atoms with Crippen molar-refractivity contribution in [1.29, 1.82) is 0 Å². The zero-order valence-corrected chi connectivity index (χ0v) is 8.25. The first kappa shape index (κ1) is 8.78. The standard InChI is InChI=1S/C9H7ClFNS/c10-4-5-1-6-3-8(12)13-9(6)7(11)2-5/h1-3H,4,12H2. The molecule has 68 valence electrons. The summed E-state index contributed by atoms with van der Waals surface area (Å²) in [6.45, 7) is 0. The van der Waals surface area contributed by atoms with Gasteiger partial charge in [0.05, 0.1) is 9.70 Å². The fourth-order valence-corrected chi connectivity index (χ4v) is 2.23. The third-order valence-electron chi connectivity index (χ3n) is 1.80. The van der Waals surface area contributed by atoms with Crippen LogP contribution in [0.4, 0.5) is 9.39 Å². The van der Waals surface area contributed by atoms with Crippen molar-refractivity contribution < 1.29 is 4.39 Å². The van der Waals surface area contributed by atoms with Gasteiger partial charge < -0.3 is 5.73 Å². The number of halogens is 2. The van der Waals surface area contributed by atoms with Crippen molar-refractivity contribution in [3.8, 4) is 0 Å². The molecular weight excluding hydrogens is 209 g/mol. The van der Waals surface area contributed by atoms with Gasteiger partial charge in [-0.25, -0.2) is 4.39 Å². The summed E-state index contributed by atoms with van der Waals surface area (Å²) in [5, 5.41) is 1.46. The van der Waals surface area contributed by atoms with E-state index < -0.39 is 0 Å². The molecule has 0 radical (unpaired) electrons. The van der Waals surface area contributed by atoms with Gasteiger partial charge in [0.1, 0.15) is 5.82 Å². The van der Waals surface area contributed by atoms with Crippen molar-refractivity contribution in [2.45, 2.75) is 5.88 Å². The molecule has 4 heteroatoms. The highest BCUT2D eigenvalue weighted by atomic mass is 35.5. The highest BCUT2D eigenvalue weighted by molar-refractivity contribution is 7.22. The summed E-state index contributed by atoms with van der Waals surface area (Å²) in [6, 6.07) is 5.07. The Morgan fingerprint density at radius 3 is 2.85 bits per heavy atom. The highest BCUT2D eigenvalue weighted by Gasteiger charge is 2.06. The number of benzene rings is 1. The van der Waals surface area contributed by atoms with Gasteiger partial charge in [0.15, 0.2) is 0 Å². The summed E-state index contributed by atoms with van der Waals surface area (Å²) in [6.07, 6.45) is 0. The van der Waals surface area contributed by atoms with Gasteiger partial charge in [-0.15, -0.1) is 22.9 Å². The molecule has 2 rings (SSSR count). The van der Waals surface area contributed by atoms with Crippen LogP contribution in [0.5, 0.6) is 0 Å². The van der Waals surface area contributed by atoms with Crippen molar-refractivity contribution >= 4 is 38.0 Å². The first-order valence-electron chi connectivity index (χ1n) is 3.74. The molecule has 1 nitrogen and oxygen atoms in total. The number of alkyl halides is 1. The van der Waals surface area contributed by atoms with Crippen molar-refractivity contribution in [1.82, 2.24) is 0 Å². The summed E-state index contributed by atoms with van der Waals surface area (Å²) in [5.41, 5.74) is 6.35. The van der Waals surface area contributed by atoms with Crippen LogP contribution in [-0.4, -0.2) is 0 Å². The average Bonchev–Trinajstić information content (AvgIpc) is 2.46. The number of anilines is 1. The number of nitrogens with two attached hydrogens (primary N) is 1. The molecule has 0 aliphatic rings. The van der Waals surface area contributed by atoms with Crippen molar-refractivity contribution in [3.05, 3.63) is 29.6 Å².